The summed E-state index contributed by atoms with van der Waals surface area (Å²) >= 11 is 0. The maximum absolute atomic E-state index is 12.0. The number of aromatic nitrogens is 8. The fraction of sp³-hybridized carbons (Fsp3) is 0.0377. The molecule has 0 radical (unpaired) electrons. The molecule has 0 aliphatic carbocycles. The zero-order chi connectivity index (χ0) is 80.4. The predicted octanol–water partition coefficient (Wildman–Crippen LogP) is 24.7. The zero-order valence-electron chi connectivity index (χ0n) is 64.8. The van der Waals surface area contributed by atoms with E-state index in [2.05, 4.69) is 331 Å². The average molecular weight is 1530 g/mol. The van der Waals surface area contributed by atoms with Crippen molar-refractivity contribution in [1.29, 1.82) is 31.6 Å². The average Bonchev–Trinajstić information content (AvgIpc) is 1.55. The second-order valence-corrected chi connectivity index (χ2v) is 31.5. The van der Waals surface area contributed by atoms with Crippen LogP contribution in [0.1, 0.15) is 38.9 Å². The van der Waals surface area contributed by atoms with Crippen LogP contribution in [0.2, 0.25) is 0 Å². The van der Waals surface area contributed by atoms with Gasteiger partial charge in [-0.3, -0.25) is 0 Å². The van der Waals surface area contributed by atoms with Crippen molar-refractivity contribution in [2.24, 2.45) is 21.1 Å². The molecular weight excluding hydrogens is 1470 g/mol. The number of hydrogen-bond acceptors (Lipinski definition) is 6. The van der Waals surface area contributed by atoms with E-state index in [1.54, 1.807) is 12.1 Å². The summed E-state index contributed by atoms with van der Waals surface area (Å²) in [6.07, 6.45) is 0. The third-order valence-corrected chi connectivity index (χ3v) is 25.6. The Morgan fingerprint density at radius 2 is 0.542 bits per heavy atom. The van der Waals surface area contributed by atoms with Crippen LogP contribution in [0.5, 0.6) is 0 Å². The molecule has 24 rings (SSSR count). The van der Waals surface area contributed by atoms with Crippen LogP contribution in [0.3, 0.4) is 0 Å². The van der Waals surface area contributed by atoms with Crippen molar-refractivity contribution in [1.82, 2.24) is 36.5 Å². The molecule has 8 heterocycles. The summed E-state index contributed by atoms with van der Waals surface area (Å²) in [5.74, 6) is 0. The highest BCUT2D eigenvalue weighted by Crippen LogP contribution is 2.50. The van der Waals surface area contributed by atoms with E-state index in [4.69, 9.17) is 0 Å². The number of hydrogen-bond donors (Lipinski definition) is 0. The molecule has 0 saturated heterocycles. The van der Waals surface area contributed by atoms with Gasteiger partial charge < -0.3 is 36.5 Å². The number of para-hydroxylation sites is 7. The molecule has 14 heteroatoms. The van der Waals surface area contributed by atoms with Gasteiger partial charge in [0, 0.05) is 147 Å². The highest BCUT2D eigenvalue weighted by atomic mass is 15.1. The molecule has 0 unspecified atom stereocenters. The first-order chi connectivity index (χ1) is 59.0. The molecule has 0 aliphatic rings. The second-order valence-electron chi connectivity index (χ2n) is 31.5. The molecule has 0 atom stereocenters. The molecule has 120 heavy (non-hydrogen) atoms. The van der Waals surface area contributed by atoms with Crippen molar-refractivity contribution in [2.45, 2.75) is 6.54 Å². The topological polar surface area (TPSA) is 182 Å². The van der Waals surface area contributed by atoms with Crippen LogP contribution in [0.4, 0.5) is 0 Å². The van der Waals surface area contributed by atoms with Gasteiger partial charge in [-0.05, 0) is 144 Å². The van der Waals surface area contributed by atoms with Gasteiger partial charge >= 0.3 is 0 Å². The van der Waals surface area contributed by atoms with E-state index in [-0.39, 0.29) is 0 Å². The Labute approximate surface area is 683 Å². The molecule has 0 fully saturated rings. The molecule has 0 saturated carbocycles. The first-order valence-corrected chi connectivity index (χ1v) is 39.8. The van der Waals surface area contributed by atoms with Crippen molar-refractivity contribution in [3.63, 3.8) is 0 Å². The van der Waals surface area contributed by atoms with Crippen LogP contribution in [-0.4, -0.2) is 36.5 Å². The molecular formula is C106H60N14. The summed E-state index contributed by atoms with van der Waals surface area (Å²) in [4.78, 5) is 0. The number of rotatable bonds is 8. The zero-order valence-corrected chi connectivity index (χ0v) is 64.8. The number of benzene rings is 16. The quantitative estimate of drug-likeness (QED) is 0.146. The van der Waals surface area contributed by atoms with E-state index in [0.717, 1.165) is 203 Å². The van der Waals surface area contributed by atoms with Crippen LogP contribution < -0.4 is 0 Å². The first-order valence-electron chi connectivity index (χ1n) is 39.8. The lowest BCUT2D eigenvalue weighted by atomic mass is 9.96. The van der Waals surface area contributed by atoms with Crippen molar-refractivity contribution in [3.05, 3.63) is 336 Å². The first kappa shape index (κ1) is 67.4. The van der Waals surface area contributed by atoms with Gasteiger partial charge in [-0.1, -0.05) is 170 Å². The summed E-state index contributed by atoms with van der Waals surface area (Å²) < 4.78 is 18.3. The monoisotopic (exact) mass is 1530 g/mol. The van der Waals surface area contributed by atoms with E-state index in [9.17, 15) is 31.6 Å². The third-order valence-electron chi connectivity index (χ3n) is 25.6. The Morgan fingerprint density at radius 3 is 0.992 bits per heavy atom. The van der Waals surface area contributed by atoms with E-state index in [1.165, 1.54) is 0 Å². The minimum atomic E-state index is 0.341. The SMILES string of the molecule is Cn1c2ccccc2c2c1ccc1c3ccccc3n(-c3cc(C#N)c(-n4c5ccccc5c5ccc6c(c7ccccc7n6Cc6ccc7c(c6)c6ccc8c9ccccc9n(-c9cc(-c%10cc(C#N)cc(C#N)c%10)c(-n%10c%11ccccc%11c%11ccc%12c%13ccccc%13n(C)c%12c%11%10)cc9C#N)c8c6n7C)c54)cc3-c3cc(C#N)cc(C#N)c3)c12. The van der Waals surface area contributed by atoms with Crippen LogP contribution in [0.15, 0.2) is 297 Å². The van der Waals surface area contributed by atoms with E-state index >= 15 is 0 Å². The number of nitrogens with zero attached hydrogens (tertiary/aromatic N) is 14. The molecule has 24 aromatic rings. The second kappa shape index (κ2) is 24.9. The highest BCUT2D eigenvalue weighted by molar-refractivity contribution is 6.30. The van der Waals surface area contributed by atoms with Crippen molar-refractivity contribution >= 4 is 174 Å². The standard InChI is InChI=1S/C106H60N14/c1-113-86-26-12-9-23-80(86)99-93(113)40-37-74-71-20-6-16-30-91(71)119(101(74)99)97-49-67(57-111)95(51-82(97)65-44-61(53-107)42-62(45-65)54-108)117-89-28-14-5-19-70(89)75-38-41-94-100(102(75)117)81-24-10-13-27-88(81)116(94)59-60-32-39-87-84(48-60)79-36-35-77-72-21-7-15-29-90(72)118(105(77)104(79)115(87)3)96-52-83(66-46-63(55-109)43-64(47-66)56-110)98(50-68(96)58-112)120-92-31-17-8-22-73(92)78-34-33-76-69-18-4-11-25-85(69)114(2)103(76)106(78)120/h4-52H,59H2,1-3H3. The molecule has 0 N–H and O–H groups in total. The van der Waals surface area contributed by atoms with E-state index < -0.39 is 0 Å². The Bertz CT molecular complexity index is 9090. The molecule has 554 valence electrons. The Balaban J connectivity index is 0.713. The summed E-state index contributed by atoms with van der Waals surface area (Å²) in [5.41, 5.74) is 24.6. The fourth-order valence-corrected chi connectivity index (χ4v) is 20.6. The Hall–Kier alpha value is -17.1. The van der Waals surface area contributed by atoms with E-state index in [0.29, 0.717) is 62.4 Å². The molecule has 0 amide bonds. The summed E-state index contributed by atoms with van der Waals surface area (Å²) in [6.45, 7) is 0.491. The number of aryl methyl sites for hydroxylation is 3. The minimum Gasteiger partial charge on any atom is -0.344 e. The smallest absolute Gasteiger partial charge is 0.101 e. The van der Waals surface area contributed by atoms with Gasteiger partial charge in [-0.2, -0.15) is 31.6 Å². The molecule has 8 aromatic heterocycles. The largest absolute Gasteiger partial charge is 0.344 e. The van der Waals surface area contributed by atoms with Crippen LogP contribution >= 0.6 is 0 Å². The van der Waals surface area contributed by atoms with E-state index in [1.807, 2.05) is 48.5 Å². The third kappa shape index (κ3) is 9.08. The highest BCUT2D eigenvalue weighted by Gasteiger charge is 2.31. The van der Waals surface area contributed by atoms with Gasteiger partial charge in [0.05, 0.1) is 147 Å². The minimum absolute atomic E-state index is 0.341. The molecule has 0 aliphatic heterocycles. The lowest BCUT2D eigenvalue weighted by Crippen LogP contribution is -2.05. The molecule has 0 spiro atoms. The summed E-state index contributed by atoms with van der Waals surface area (Å²) in [6, 6.07) is 118. The molecule has 16 aromatic carbocycles. The van der Waals surface area contributed by atoms with Crippen molar-refractivity contribution < 1.29 is 0 Å². The Morgan fingerprint density at radius 1 is 0.225 bits per heavy atom. The number of nitriles is 6. The predicted molar refractivity (Wildman–Crippen MR) is 483 cm³/mol. The number of fused-ring (bicyclic) bond motifs is 28. The van der Waals surface area contributed by atoms with Crippen LogP contribution in [0, 0.1) is 68.0 Å². The van der Waals surface area contributed by atoms with Gasteiger partial charge in [0.1, 0.15) is 12.1 Å². The molecule has 14 nitrogen and oxygen atoms in total. The lowest BCUT2D eigenvalue weighted by Gasteiger charge is -2.20. The van der Waals surface area contributed by atoms with Gasteiger partial charge in [0.15, 0.2) is 0 Å². The van der Waals surface area contributed by atoms with Gasteiger partial charge in [0.2, 0.25) is 0 Å². The fourth-order valence-electron chi connectivity index (χ4n) is 20.6. The normalized spacial score (nSPS) is 11.9. The van der Waals surface area contributed by atoms with Gasteiger partial charge in [-0.25, -0.2) is 0 Å². The van der Waals surface area contributed by atoms with Crippen LogP contribution in [0.25, 0.3) is 219 Å². The van der Waals surface area contributed by atoms with Crippen molar-refractivity contribution in [3.8, 4) is 81.4 Å². The van der Waals surface area contributed by atoms with Crippen molar-refractivity contribution in [2.75, 3.05) is 0 Å². The summed E-state index contributed by atoms with van der Waals surface area (Å²) in [7, 11) is 6.35. The van der Waals surface area contributed by atoms with Gasteiger partial charge in [-0.15, -0.1) is 0 Å². The maximum Gasteiger partial charge on any atom is 0.101 e. The Kier molecular flexibility index (Phi) is 14.0. The summed E-state index contributed by atoms with van der Waals surface area (Å²) in [5, 5.41) is 83.6. The van der Waals surface area contributed by atoms with Gasteiger partial charge in [0.25, 0.3) is 0 Å². The molecule has 0 bridgehead atoms. The maximum atomic E-state index is 12.0. The lowest BCUT2D eigenvalue weighted by molar-refractivity contribution is 0.870. The van der Waals surface area contributed by atoms with Crippen LogP contribution in [-0.2, 0) is 27.7 Å².